The van der Waals surface area contributed by atoms with Crippen LogP contribution in [0.25, 0.3) is 0 Å². The molecule has 2 aliphatic heterocycles. The highest BCUT2D eigenvalue weighted by atomic mass is 35.5. The molecule has 1 unspecified atom stereocenters. The fourth-order valence-corrected chi connectivity index (χ4v) is 4.41. The molecule has 0 radical (unpaired) electrons. The quantitative estimate of drug-likeness (QED) is 0.752. The zero-order valence-electron chi connectivity index (χ0n) is 12.9. The maximum absolute atomic E-state index is 12.6. The van der Waals surface area contributed by atoms with Crippen molar-refractivity contribution in [3.05, 3.63) is 28.2 Å². The summed E-state index contributed by atoms with van der Waals surface area (Å²) in [6.45, 7) is 4.51. The van der Waals surface area contributed by atoms with Crippen LogP contribution in [0.3, 0.4) is 0 Å². The van der Waals surface area contributed by atoms with Gasteiger partial charge in [-0.1, -0.05) is 23.2 Å². The summed E-state index contributed by atoms with van der Waals surface area (Å²) < 4.78 is 11.4. The number of thioether (sulfide) groups is 1. The summed E-state index contributed by atoms with van der Waals surface area (Å²) in [6, 6.07) is 5.29. The Bertz CT molecular complexity index is 583. The highest BCUT2D eigenvalue weighted by Gasteiger charge is 2.41. The summed E-state index contributed by atoms with van der Waals surface area (Å²) in [7, 11) is 0. The van der Waals surface area contributed by atoms with Crippen LogP contribution in [0.2, 0.25) is 10.0 Å². The average Bonchev–Trinajstić information content (AvgIpc) is 2.99. The molecular formula is C16H19Cl2NO3S. The molecule has 1 aromatic rings. The van der Waals surface area contributed by atoms with Crippen molar-refractivity contribution >= 4 is 40.9 Å². The molecule has 0 aliphatic carbocycles. The summed E-state index contributed by atoms with van der Waals surface area (Å²) in [6.07, 6.45) is 1.46. The molecule has 126 valence electrons. The molecule has 4 nitrogen and oxygen atoms in total. The summed E-state index contributed by atoms with van der Waals surface area (Å²) in [5.74, 6) is -0.345. The molecule has 0 bridgehead atoms. The molecule has 1 atom stereocenters. The Hall–Kier alpha value is -0.460. The van der Waals surface area contributed by atoms with Crippen molar-refractivity contribution in [2.24, 2.45) is 0 Å². The number of piperidine rings is 1. The number of hydrogen-bond donors (Lipinski definition) is 0. The summed E-state index contributed by atoms with van der Waals surface area (Å²) >= 11 is 13.6. The molecule has 0 N–H and O–H groups in total. The third kappa shape index (κ3) is 3.97. The topological polar surface area (TPSA) is 38.8 Å². The number of benzene rings is 1. The van der Waals surface area contributed by atoms with Crippen molar-refractivity contribution in [1.29, 1.82) is 0 Å². The molecule has 1 spiro atoms. The third-order valence-electron chi connectivity index (χ3n) is 4.20. The van der Waals surface area contributed by atoms with E-state index in [-0.39, 0.29) is 11.2 Å². The van der Waals surface area contributed by atoms with Gasteiger partial charge in [0.05, 0.1) is 23.5 Å². The second-order valence-electron chi connectivity index (χ2n) is 5.77. The second kappa shape index (κ2) is 7.19. The maximum atomic E-state index is 12.6. The molecule has 2 heterocycles. The molecule has 1 aromatic carbocycles. The minimum atomic E-state index is -0.455. The van der Waals surface area contributed by atoms with Crippen LogP contribution in [0.5, 0.6) is 0 Å². The zero-order valence-corrected chi connectivity index (χ0v) is 15.2. The largest absolute Gasteiger partial charge is 0.347 e. The lowest BCUT2D eigenvalue weighted by Gasteiger charge is -2.38. The van der Waals surface area contributed by atoms with E-state index >= 15 is 0 Å². The van der Waals surface area contributed by atoms with Crippen molar-refractivity contribution < 1.29 is 14.3 Å². The Morgan fingerprint density at radius 1 is 1.26 bits per heavy atom. The fraction of sp³-hybridized carbons (Fsp3) is 0.562. The van der Waals surface area contributed by atoms with Crippen LogP contribution < -0.4 is 0 Å². The Balaban J connectivity index is 1.58. The van der Waals surface area contributed by atoms with Gasteiger partial charge in [0.25, 0.3) is 0 Å². The lowest BCUT2D eigenvalue weighted by molar-refractivity contribution is -0.187. The molecule has 2 saturated heterocycles. The van der Waals surface area contributed by atoms with Crippen LogP contribution in [-0.2, 0) is 14.3 Å². The van der Waals surface area contributed by atoms with Crippen LogP contribution >= 0.6 is 35.0 Å². The molecule has 2 fully saturated rings. The molecule has 1 amide bonds. The zero-order chi connectivity index (χ0) is 16.4. The SMILES string of the molecule is CC(Sc1cc(Cl)ccc1Cl)C(=O)N1CCC2(CC1)OCCO2. The Morgan fingerprint density at radius 3 is 2.57 bits per heavy atom. The van der Waals surface area contributed by atoms with Gasteiger partial charge >= 0.3 is 0 Å². The van der Waals surface area contributed by atoms with E-state index in [1.807, 2.05) is 11.8 Å². The van der Waals surface area contributed by atoms with Crippen LogP contribution in [0, 0.1) is 0 Å². The van der Waals surface area contributed by atoms with Crippen LogP contribution in [0.15, 0.2) is 23.1 Å². The lowest BCUT2D eigenvalue weighted by atomic mass is 10.0. The van der Waals surface area contributed by atoms with E-state index in [1.54, 1.807) is 18.2 Å². The highest BCUT2D eigenvalue weighted by molar-refractivity contribution is 8.00. The van der Waals surface area contributed by atoms with Gasteiger partial charge in [0.2, 0.25) is 5.91 Å². The van der Waals surface area contributed by atoms with Crippen molar-refractivity contribution in [3.8, 4) is 0 Å². The van der Waals surface area contributed by atoms with Gasteiger partial charge < -0.3 is 14.4 Å². The fourth-order valence-electron chi connectivity index (χ4n) is 2.92. The summed E-state index contributed by atoms with van der Waals surface area (Å²) in [5.41, 5.74) is 0. The van der Waals surface area contributed by atoms with Crippen molar-refractivity contribution in [3.63, 3.8) is 0 Å². The van der Waals surface area contributed by atoms with E-state index in [2.05, 4.69) is 0 Å². The van der Waals surface area contributed by atoms with E-state index in [0.29, 0.717) is 36.3 Å². The smallest absolute Gasteiger partial charge is 0.235 e. The molecule has 2 aliphatic rings. The Labute approximate surface area is 150 Å². The van der Waals surface area contributed by atoms with Crippen molar-refractivity contribution in [2.45, 2.75) is 35.7 Å². The van der Waals surface area contributed by atoms with E-state index in [1.165, 1.54) is 11.8 Å². The lowest BCUT2D eigenvalue weighted by Crippen LogP contribution is -2.49. The van der Waals surface area contributed by atoms with Crippen LogP contribution in [0.4, 0.5) is 0 Å². The van der Waals surface area contributed by atoms with Gasteiger partial charge in [-0.3, -0.25) is 4.79 Å². The van der Waals surface area contributed by atoms with Gasteiger partial charge in [0.1, 0.15) is 0 Å². The second-order valence-corrected chi connectivity index (χ2v) is 7.99. The first-order chi connectivity index (χ1) is 11.0. The van der Waals surface area contributed by atoms with Gasteiger partial charge in [0.15, 0.2) is 5.79 Å². The number of ether oxygens (including phenoxy) is 2. The van der Waals surface area contributed by atoms with E-state index in [9.17, 15) is 4.79 Å². The Morgan fingerprint density at radius 2 is 1.91 bits per heavy atom. The average molecular weight is 376 g/mol. The van der Waals surface area contributed by atoms with E-state index in [4.69, 9.17) is 32.7 Å². The number of carbonyl (C=O) groups is 1. The van der Waals surface area contributed by atoms with Crippen molar-refractivity contribution in [2.75, 3.05) is 26.3 Å². The predicted octanol–water partition coefficient (Wildman–Crippen LogP) is 3.84. The molecule has 0 aromatic heterocycles. The number of carbonyl (C=O) groups excluding carboxylic acids is 1. The normalized spacial score (nSPS) is 21.6. The van der Waals surface area contributed by atoms with E-state index < -0.39 is 5.79 Å². The summed E-state index contributed by atoms with van der Waals surface area (Å²) in [5, 5.41) is 1.02. The maximum Gasteiger partial charge on any atom is 0.235 e. The first kappa shape index (κ1) is 17.4. The first-order valence-corrected chi connectivity index (χ1v) is 9.31. The van der Waals surface area contributed by atoms with E-state index in [0.717, 1.165) is 17.7 Å². The number of rotatable bonds is 3. The first-order valence-electron chi connectivity index (χ1n) is 7.67. The molecular weight excluding hydrogens is 357 g/mol. The van der Waals surface area contributed by atoms with Crippen LogP contribution in [-0.4, -0.2) is 48.1 Å². The van der Waals surface area contributed by atoms with Gasteiger partial charge in [-0.05, 0) is 25.1 Å². The van der Waals surface area contributed by atoms with Crippen molar-refractivity contribution in [1.82, 2.24) is 4.90 Å². The number of amides is 1. The van der Waals surface area contributed by atoms with Gasteiger partial charge in [0, 0.05) is 35.8 Å². The number of halogens is 2. The minimum Gasteiger partial charge on any atom is -0.347 e. The number of nitrogens with zero attached hydrogens (tertiary/aromatic N) is 1. The standard InChI is InChI=1S/C16H19Cl2NO3S/c1-11(23-14-10-12(17)2-3-13(14)18)15(20)19-6-4-16(5-7-19)21-8-9-22-16/h2-3,10-11H,4-9H2,1H3. The molecule has 7 heteroatoms. The Kier molecular flexibility index (Phi) is 5.43. The predicted molar refractivity (Wildman–Crippen MR) is 92.2 cm³/mol. The highest BCUT2D eigenvalue weighted by Crippen LogP contribution is 2.35. The van der Waals surface area contributed by atoms with Crippen LogP contribution in [0.1, 0.15) is 19.8 Å². The van der Waals surface area contributed by atoms with Gasteiger partial charge in [-0.2, -0.15) is 0 Å². The number of likely N-dealkylation sites (tertiary alicyclic amines) is 1. The minimum absolute atomic E-state index is 0.110. The van der Waals surface area contributed by atoms with Gasteiger partial charge in [-0.25, -0.2) is 0 Å². The summed E-state index contributed by atoms with van der Waals surface area (Å²) in [4.78, 5) is 15.4. The molecule has 0 saturated carbocycles. The van der Waals surface area contributed by atoms with Gasteiger partial charge in [-0.15, -0.1) is 11.8 Å². The number of hydrogen-bond acceptors (Lipinski definition) is 4. The molecule has 23 heavy (non-hydrogen) atoms. The molecule has 3 rings (SSSR count). The monoisotopic (exact) mass is 375 g/mol. The third-order valence-corrected chi connectivity index (χ3v) is 6.02.